The lowest BCUT2D eigenvalue weighted by Gasteiger charge is -2.22. The van der Waals surface area contributed by atoms with E-state index >= 15 is 0 Å². The van der Waals surface area contributed by atoms with Crippen molar-refractivity contribution in [3.05, 3.63) is 46.5 Å². The maximum absolute atomic E-state index is 5.99. The summed E-state index contributed by atoms with van der Waals surface area (Å²) in [6, 6.07) is 6.10. The fourth-order valence-electron chi connectivity index (χ4n) is 1.89. The van der Waals surface area contributed by atoms with Gasteiger partial charge in [-0.05, 0) is 42.8 Å². The van der Waals surface area contributed by atoms with E-state index in [0.29, 0.717) is 6.61 Å². The molecule has 2 rings (SSSR count). The number of nitrogens with zero attached hydrogens (tertiary/aromatic N) is 2. The van der Waals surface area contributed by atoms with E-state index in [-0.39, 0.29) is 5.54 Å². The van der Waals surface area contributed by atoms with Gasteiger partial charge in [-0.2, -0.15) is 0 Å². The van der Waals surface area contributed by atoms with Gasteiger partial charge >= 0.3 is 0 Å². The van der Waals surface area contributed by atoms with Crippen LogP contribution in [0.5, 0.6) is 5.75 Å². The molecule has 1 heterocycles. The molecule has 0 unspecified atom stereocenters. The second-order valence-corrected chi connectivity index (χ2v) is 6.93. The quantitative estimate of drug-likeness (QED) is 0.893. The van der Waals surface area contributed by atoms with Crippen molar-refractivity contribution in [2.24, 2.45) is 7.05 Å². The van der Waals surface area contributed by atoms with Crippen LogP contribution in [0.1, 0.15) is 32.2 Å². The van der Waals surface area contributed by atoms with Crippen molar-refractivity contribution in [3.8, 4) is 5.75 Å². The van der Waals surface area contributed by atoms with Gasteiger partial charge in [-0.3, -0.25) is 0 Å². The lowest BCUT2D eigenvalue weighted by Crippen LogP contribution is -2.35. The molecule has 0 aliphatic rings. The summed E-state index contributed by atoms with van der Waals surface area (Å²) in [5, 5.41) is 3.49. The molecule has 1 aromatic heterocycles. The highest BCUT2D eigenvalue weighted by atomic mass is 79.9. The zero-order valence-corrected chi connectivity index (χ0v) is 14.6. The van der Waals surface area contributed by atoms with E-state index in [1.54, 1.807) is 6.20 Å². The maximum atomic E-state index is 5.99. The molecule has 0 saturated carbocycles. The number of aromatic nitrogens is 2. The number of para-hydroxylation sites is 1. The first-order valence-electron chi connectivity index (χ1n) is 6.98. The van der Waals surface area contributed by atoms with Gasteiger partial charge in [0, 0.05) is 37.1 Å². The molecule has 0 saturated heterocycles. The Balaban J connectivity index is 2.12. The molecule has 0 aliphatic heterocycles. The van der Waals surface area contributed by atoms with Crippen molar-refractivity contribution in [3.63, 3.8) is 0 Å². The third-order valence-electron chi connectivity index (χ3n) is 3.12. The van der Waals surface area contributed by atoms with E-state index in [9.17, 15) is 0 Å². The Hall–Kier alpha value is -1.33. The first kappa shape index (κ1) is 16.0. The van der Waals surface area contributed by atoms with E-state index < -0.39 is 0 Å². The average molecular weight is 352 g/mol. The first-order chi connectivity index (χ1) is 9.87. The van der Waals surface area contributed by atoms with Crippen LogP contribution < -0.4 is 10.1 Å². The number of ether oxygens (including phenoxy) is 1. The monoisotopic (exact) mass is 351 g/mol. The summed E-state index contributed by atoms with van der Waals surface area (Å²) in [4.78, 5) is 4.28. The molecule has 0 fully saturated rings. The molecule has 0 aliphatic carbocycles. The number of imidazole rings is 1. The van der Waals surface area contributed by atoms with E-state index in [4.69, 9.17) is 4.74 Å². The lowest BCUT2D eigenvalue weighted by atomic mass is 10.1. The molecule has 0 bridgehead atoms. The van der Waals surface area contributed by atoms with E-state index in [1.165, 1.54) is 0 Å². The van der Waals surface area contributed by atoms with Gasteiger partial charge in [0.15, 0.2) is 0 Å². The van der Waals surface area contributed by atoms with Crippen molar-refractivity contribution in [1.82, 2.24) is 14.9 Å². The van der Waals surface area contributed by atoms with E-state index in [1.807, 2.05) is 29.9 Å². The SMILES string of the molecule is Cn1ccnc1COc1c(Br)cccc1CNC(C)(C)C. The van der Waals surface area contributed by atoms with Gasteiger partial charge < -0.3 is 14.6 Å². The fraction of sp³-hybridized carbons (Fsp3) is 0.438. The molecule has 114 valence electrons. The topological polar surface area (TPSA) is 39.1 Å². The number of benzene rings is 1. The summed E-state index contributed by atoms with van der Waals surface area (Å²) in [5.41, 5.74) is 1.20. The molecule has 21 heavy (non-hydrogen) atoms. The van der Waals surface area contributed by atoms with Crippen molar-refractivity contribution in [2.75, 3.05) is 0 Å². The highest BCUT2D eigenvalue weighted by Gasteiger charge is 2.13. The minimum absolute atomic E-state index is 0.0687. The van der Waals surface area contributed by atoms with Gasteiger partial charge in [0.05, 0.1) is 4.47 Å². The minimum Gasteiger partial charge on any atom is -0.484 e. The molecule has 0 amide bonds. The smallest absolute Gasteiger partial charge is 0.146 e. The molecular formula is C16H22BrN3O. The van der Waals surface area contributed by atoms with Crippen LogP contribution in [0.2, 0.25) is 0 Å². The van der Waals surface area contributed by atoms with Gasteiger partial charge in [0.25, 0.3) is 0 Å². The number of nitrogens with one attached hydrogen (secondary N) is 1. The van der Waals surface area contributed by atoms with E-state index in [0.717, 1.165) is 28.2 Å². The Morgan fingerprint density at radius 1 is 1.33 bits per heavy atom. The summed E-state index contributed by atoms with van der Waals surface area (Å²) < 4.78 is 8.91. The zero-order valence-electron chi connectivity index (χ0n) is 13.0. The van der Waals surface area contributed by atoms with Crippen LogP contribution in [0.3, 0.4) is 0 Å². The molecule has 5 heteroatoms. The number of aryl methyl sites for hydroxylation is 1. The normalized spacial score (nSPS) is 11.7. The Morgan fingerprint density at radius 2 is 2.10 bits per heavy atom. The summed E-state index contributed by atoms with van der Waals surface area (Å²) in [6.07, 6.45) is 3.70. The predicted molar refractivity (Wildman–Crippen MR) is 88.3 cm³/mol. The van der Waals surface area contributed by atoms with Crippen molar-refractivity contribution < 1.29 is 4.74 Å². The zero-order chi connectivity index (χ0) is 15.5. The molecule has 0 radical (unpaired) electrons. The summed E-state index contributed by atoms with van der Waals surface area (Å²) >= 11 is 3.57. The van der Waals surface area contributed by atoms with Crippen molar-refractivity contribution in [1.29, 1.82) is 0 Å². The van der Waals surface area contributed by atoms with Crippen molar-refractivity contribution in [2.45, 2.75) is 39.5 Å². The Morgan fingerprint density at radius 3 is 2.71 bits per heavy atom. The van der Waals surface area contributed by atoms with Crippen LogP contribution in [0.15, 0.2) is 35.1 Å². The van der Waals surface area contributed by atoms with Crippen LogP contribution in [-0.2, 0) is 20.2 Å². The third-order valence-corrected chi connectivity index (χ3v) is 3.75. The largest absolute Gasteiger partial charge is 0.484 e. The van der Waals surface area contributed by atoms with E-state index in [2.05, 4.69) is 53.1 Å². The molecule has 0 atom stereocenters. The summed E-state index contributed by atoms with van der Waals surface area (Å²) in [7, 11) is 1.97. The second kappa shape index (κ2) is 6.62. The Kier molecular flexibility index (Phi) is 5.06. The molecule has 0 spiro atoms. The predicted octanol–water partition coefficient (Wildman–Crippen LogP) is 3.65. The van der Waals surface area contributed by atoms with Gasteiger partial charge in [-0.1, -0.05) is 12.1 Å². The molecule has 2 aromatic rings. The number of hydrogen-bond acceptors (Lipinski definition) is 3. The maximum Gasteiger partial charge on any atom is 0.146 e. The fourth-order valence-corrected chi connectivity index (χ4v) is 2.41. The summed E-state index contributed by atoms with van der Waals surface area (Å²) in [6.45, 7) is 7.67. The third kappa shape index (κ3) is 4.58. The van der Waals surface area contributed by atoms with Crippen LogP contribution in [0.25, 0.3) is 0 Å². The van der Waals surface area contributed by atoms with Crippen molar-refractivity contribution >= 4 is 15.9 Å². The van der Waals surface area contributed by atoms with Crippen LogP contribution in [0, 0.1) is 0 Å². The average Bonchev–Trinajstić information content (AvgIpc) is 2.80. The van der Waals surface area contributed by atoms with Gasteiger partial charge in [-0.25, -0.2) is 4.98 Å². The number of halogens is 1. The van der Waals surface area contributed by atoms with Crippen LogP contribution >= 0.6 is 15.9 Å². The molecule has 1 N–H and O–H groups in total. The molecule has 4 nitrogen and oxygen atoms in total. The van der Waals surface area contributed by atoms with Crippen LogP contribution in [-0.4, -0.2) is 15.1 Å². The highest BCUT2D eigenvalue weighted by molar-refractivity contribution is 9.10. The molecule has 1 aromatic carbocycles. The minimum atomic E-state index is 0.0687. The van der Waals surface area contributed by atoms with Gasteiger partial charge in [0.1, 0.15) is 18.2 Å². The first-order valence-corrected chi connectivity index (χ1v) is 7.77. The standard InChI is InChI=1S/C16H22BrN3O/c1-16(2,3)19-10-12-6-5-7-13(17)15(12)21-11-14-18-8-9-20(14)4/h5-9,19H,10-11H2,1-4H3. The van der Waals surface area contributed by atoms with Gasteiger partial charge in [-0.15, -0.1) is 0 Å². The second-order valence-electron chi connectivity index (χ2n) is 6.07. The lowest BCUT2D eigenvalue weighted by molar-refractivity contribution is 0.284. The number of hydrogen-bond donors (Lipinski definition) is 1. The van der Waals surface area contributed by atoms with Gasteiger partial charge in [0.2, 0.25) is 0 Å². The molecular weight excluding hydrogens is 330 g/mol. The Bertz CT molecular complexity index is 602. The number of rotatable bonds is 5. The Labute approximate surface area is 134 Å². The summed E-state index contributed by atoms with van der Waals surface area (Å²) in [5.74, 6) is 1.78. The van der Waals surface area contributed by atoms with Crippen LogP contribution in [0.4, 0.5) is 0 Å². The highest BCUT2D eigenvalue weighted by Crippen LogP contribution is 2.30.